The van der Waals surface area contributed by atoms with E-state index in [9.17, 15) is 4.79 Å². The molecule has 2 fully saturated rings. The van der Waals surface area contributed by atoms with Crippen molar-refractivity contribution in [3.05, 3.63) is 46.9 Å². The van der Waals surface area contributed by atoms with Gasteiger partial charge in [0.2, 0.25) is 0 Å². The van der Waals surface area contributed by atoms with Crippen LogP contribution in [0.4, 0.5) is 0 Å². The van der Waals surface area contributed by atoms with E-state index in [0.717, 1.165) is 11.4 Å². The molecule has 2 saturated heterocycles. The van der Waals surface area contributed by atoms with Crippen LogP contribution >= 0.6 is 24.0 Å². The van der Waals surface area contributed by atoms with Gasteiger partial charge in [0.1, 0.15) is 4.32 Å². The average Bonchev–Trinajstić information content (AvgIpc) is 3.05. The smallest absolute Gasteiger partial charge is 0.266 e. The molecule has 3 rings (SSSR count). The molecule has 1 amide bonds. The Morgan fingerprint density at radius 2 is 2.09 bits per heavy atom. The molecule has 2 aliphatic rings. The van der Waals surface area contributed by atoms with Crippen molar-refractivity contribution < 1.29 is 4.79 Å². The molecule has 2 atom stereocenters. The lowest BCUT2D eigenvalue weighted by atomic mass is 9.94. The van der Waals surface area contributed by atoms with Crippen molar-refractivity contribution in [2.75, 3.05) is 6.54 Å². The minimum absolute atomic E-state index is 0.0312. The van der Waals surface area contributed by atoms with E-state index in [2.05, 4.69) is 29.1 Å². The van der Waals surface area contributed by atoms with E-state index in [1.54, 1.807) is 4.90 Å². The minimum atomic E-state index is 0.0312. The van der Waals surface area contributed by atoms with Crippen molar-refractivity contribution in [2.45, 2.75) is 25.9 Å². The van der Waals surface area contributed by atoms with Gasteiger partial charge in [-0.15, -0.1) is 0 Å². The van der Waals surface area contributed by atoms with Gasteiger partial charge in [-0.3, -0.25) is 15.1 Å². The third-order valence-electron chi connectivity index (χ3n) is 3.89. The summed E-state index contributed by atoms with van der Waals surface area (Å²) in [5, 5.41) is 0. The first-order valence-corrected chi connectivity index (χ1v) is 8.61. The fourth-order valence-corrected chi connectivity index (χ4v) is 4.36. The van der Waals surface area contributed by atoms with Gasteiger partial charge in [-0.2, -0.15) is 0 Å². The van der Waals surface area contributed by atoms with Crippen LogP contribution < -0.4 is 10.9 Å². The number of nitrogens with one attached hydrogen (secondary N) is 2. The lowest BCUT2D eigenvalue weighted by Crippen LogP contribution is -2.34. The van der Waals surface area contributed by atoms with Crippen molar-refractivity contribution in [3.8, 4) is 0 Å². The zero-order valence-electron chi connectivity index (χ0n) is 12.6. The summed E-state index contributed by atoms with van der Waals surface area (Å²) in [7, 11) is 0. The van der Waals surface area contributed by atoms with Gasteiger partial charge in [-0.05, 0) is 19.4 Å². The summed E-state index contributed by atoms with van der Waals surface area (Å²) in [6, 6.07) is 10.5. The molecule has 116 valence electrons. The third kappa shape index (κ3) is 2.96. The molecule has 2 N–H and O–H groups in total. The van der Waals surface area contributed by atoms with E-state index in [1.165, 1.54) is 17.3 Å². The Hall–Kier alpha value is -1.21. The predicted molar refractivity (Wildman–Crippen MR) is 94.1 cm³/mol. The van der Waals surface area contributed by atoms with E-state index in [4.69, 9.17) is 12.2 Å². The van der Waals surface area contributed by atoms with Gasteiger partial charge in [0.05, 0.1) is 10.9 Å². The van der Waals surface area contributed by atoms with Gasteiger partial charge >= 0.3 is 0 Å². The molecular weight excluding hydrogens is 314 g/mol. The van der Waals surface area contributed by atoms with Crippen molar-refractivity contribution in [2.24, 2.45) is 5.92 Å². The molecule has 2 heterocycles. The van der Waals surface area contributed by atoms with Crippen LogP contribution in [0.25, 0.3) is 0 Å². The molecule has 4 nitrogen and oxygen atoms in total. The Morgan fingerprint density at radius 1 is 1.36 bits per heavy atom. The monoisotopic (exact) mass is 333 g/mol. The molecule has 1 aromatic rings. The minimum Gasteiger partial charge on any atom is -0.290 e. The first-order chi connectivity index (χ1) is 10.6. The highest BCUT2D eigenvalue weighted by Crippen LogP contribution is 2.36. The van der Waals surface area contributed by atoms with Crippen LogP contribution in [-0.4, -0.2) is 27.7 Å². The van der Waals surface area contributed by atoms with Crippen LogP contribution in [0.15, 0.2) is 41.3 Å². The summed E-state index contributed by atoms with van der Waals surface area (Å²) >= 11 is 6.74. The Bertz CT molecular complexity index is 615. The maximum atomic E-state index is 12.5. The van der Waals surface area contributed by atoms with Gasteiger partial charge < -0.3 is 0 Å². The Balaban J connectivity index is 1.83. The van der Waals surface area contributed by atoms with Crippen molar-refractivity contribution in [1.82, 2.24) is 15.8 Å². The molecule has 2 unspecified atom stereocenters. The first kappa shape index (κ1) is 15.7. The fourth-order valence-electron chi connectivity index (χ4n) is 2.79. The summed E-state index contributed by atoms with van der Waals surface area (Å²) in [6.07, 6.45) is 2.06. The lowest BCUT2D eigenvalue weighted by Gasteiger charge is -2.19. The zero-order chi connectivity index (χ0) is 15.7. The van der Waals surface area contributed by atoms with E-state index in [0.29, 0.717) is 4.32 Å². The van der Waals surface area contributed by atoms with Gasteiger partial charge in [0.25, 0.3) is 5.91 Å². The number of hydrogen-bond donors (Lipinski definition) is 2. The fraction of sp³-hybridized carbons (Fsp3) is 0.375. The predicted octanol–water partition coefficient (Wildman–Crippen LogP) is 2.60. The van der Waals surface area contributed by atoms with Crippen molar-refractivity contribution in [1.29, 1.82) is 0 Å². The second-order valence-electron chi connectivity index (χ2n) is 5.75. The van der Waals surface area contributed by atoms with Gasteiger partial charge in [0.15, 0.2) is 0 Å². The maximum absolute atomic E-state index is 12.5. The van der Waals surface area contributed by atoms with E-state index in [-0.39, 0.29) is 23.9 Å². The highest BCUT2D eigenvalue weighted by molar-refractivity contribution is 8.26. The second kappa shape index (κ2) is 6.50. The Labute approximate surface area is 140 Å². The molecule has 1 aromatic carbocycles. The molecule has 2 aliphatic heterocycles. The van der Waals surface area contributed by atoms with Crippen LogP contribution in [0.5, 0.6) is 0 Å². The summed E-state index contributed by atoms with van der Waals surface area (Å²) in [5.74, 6) is 0.257. The number of amides is 1. The molecule has 0 radical (unpaired) electrons. The van der Waals surface area contributed by atoms with Crippen molar-refractivity contribution in [3.63, 3.8) is 0 Å². The highest BCUT2D eigenvalue weighted by atomic mass is 32.2. The van der Waals surface area contributed by atoms with Crippen LogP contribution in [0, 0.1) is 5.92 Å². The quantitative estimate of drug-likeness (QED) is 0.658. The standard InChI is InChI=1S/C16H19N3OS2/c1-10(2)19-15(20)13(22-16(19)21)8-12-9-17-18-14(12)11-6-4-3-5-7-11/h3-8,10,12,14,17-18H,9H2,1-2H3/b13-8+. The van der Waals surface area contributed by atoms with Gasteiger partial charge in [-0.1, -0.05) is 60.4 Å². The molecule has 0 spiro atoms. The summed E-state index contributed by atoms with van der Waals surface area (Å²) < 4.78 is 0.654. The molecule has 6 heteroatoms. The topological polar surface area (TPSA) is 44.4 Å². The summed E-state index contributed by atoms with van der Waals surface area (Å²) in [6.45, 7) is 4.77. The van der Waals surface area contributed by atoms with Crippen LogP contribution in [0.1, 0.15) is 25.5 Å². The van der Waals surface area contributed by atoms with Crippen molar-refractivity contribution >= 4 is 34.2 Å². The molecular formula is C16H19N3OS2. The third-order valence-corrected chi connectivity index (χ3v) is 5.24. The number of thioether (sulfide) groups is 1. The number of hydrogen-bond acceptors (Lipinski definition) is 5. The maximum Gasteiger partial charge on any atom is 0.266 e. The van der Waals surface area contributed by atoms with Crippen LogP contribution in [0.3, 0.4) is 0 Å². The van der Waals surface area contributed by atoms with Crippen LogP contribution in [0.2, 0.25) is 0 Å². The molecule has 0 aromatic heterocycles. The molecule has 22 heavy (non-hydrogen) atoms. The number of hydrazine groups is 1. The molecule has 0 bridgehead atoms. The number of carbonyl (C=O) groups is 1. The summed E-state index contributed by atoms with van der Waals surface area (Å²) in [5.41, 5.74) is 7.70. The first-order valence-electron chi connectivity index (χ1n) is 7.38. The number of nitrogens with zero attached hydrogens (tertiary/aromatic N) is 1. The second-order valence-corrected chi connectivity index (χ2v) is 7.42. The SMILES string of the molecule is CC(C)N1C(=O)/C(=C\C2CNNC2c2ccccc2)SC1=S. The van der Waals surface area contributed by atoms with Crippen LogP contribution in [-0.2, 0) is 4.79 Å². The van der Waals surface area contributed by atoms with Gasteiger partial charge in [0, 0.05) is 18.5 Å². The number of rotatable bonds is 3. The molecule has 0 aliphatic carbocycles. The van der Waals surface area contributed by atoms with Gasteiger partial charge in [-0.25, -0.2) is 5.43 Å². The zero-order valence-corrected chi connectivity index (χ0v) is 14.2. The van der Waals surface area contributed by atoms with E-state index >= 15 is 0 Å². The highest BCUT2D eigenvalue weighted by Gasteiger charge is 2.36. The number of carbonyl (C=O) groups excluding carboxylic acids is 1. The Morgan fingerprint density at radius 3 is 2.73 bits per heavy atom. The number of benzene rings is 1. The average molecular weight is 333 g/mol. The van der Waals surface area contributed by atoms with E-state index in [1.807, 2.05) is 32.0 Å². The lowest BCUT2D eigenvalue weighted by molar-refractivity contribution is -0.123. The number of thiocarbonyl (C=S) groups is 1. The summed E-state index contributed by atoms with van der Waals surface area (Å²) in [4.78, 5) is 14.9. The molecule has 0 saturated carbocycles. The Kier molecular flexibility index (Phi) is 4.63. The largest absolute Gasteiger partial charge is 0.290 e. The normalized spacial score (nSPS) is 27.4. The van der Waals surface area contributed by atoms with E-state index < -0.39 is 0 Å².